The molecular formula is C27H19ClN2O4S. The van der Waals surface area contributed by atoms with Crippen LogP contribution < -0.4 is 9.64 Å². The molecule has 0 radical (unpaired) electrons. The van der Waals surface area contributed by atoms with Crippen LogP contribution in [0.4, 0.5) is 5.13 Å². The monoisotopic (exact) mass is 502 g/mol. The first-order valence-electron chi connectivity index (χ1n) is 10.7. The highest BCUT2D eigenvalue weighted by molar-refractivity contribution is 7.22. The van der Waals surface area contributed by atoms with Crippen LogP contribution in [0.3, 0.4) is 0 Å². The fraction of sp³-hybridized carbons (Fsp3) is 0.0741. The first-order chi connectivity index (χ1) is 17.0. The number of rotatable bonds is 6. The lowest BCUT2D eigenvalue weighted by Crippen LogP contribution is -2.30. The van der Waals surface area contributed by atoms with Gasteiger partial charge in [-0.1, -0.05) is 71.5 Å². The number of halogens is 1. The van der Waals surface area contributed by atoms with Gasteiger partial charge in [0.15, 0.2) is 16.7 Å². The summed E-state index contributed by atoms with van der Waals surface area (Å²) >= 11 is 7.36. The van der Waals surface area contributed by atoms with E-state index in [0.717, 1.165) is 10.3 Å². The first kappa shape index (κ1) is 22.8. The number of amides is 1. The number of benzene rings is 3. The van der Waals surface area contributed by atoms with Gasteiger partial charge >= 0.3 is 0 Å². The predicted molar refractivity (Wildman–Crippen MR) is 138 cm³/mol. The molecule has 1 atom stereocenters. The highest BCUT2D eigenvalue weighted by Crippen LogP contribution is 2.44. The summed E-state index contributed by atoms with van der Waals surface area (Å²) < 4.78 is 6.10. The molecule has 6 nitrogen and oxygen atoms in total. The van der Waals surface area contributed by atoms with Crippen LogP contribution >= 0.6 is 22.9 Å². The van der Waals surface area contributed by atoms with Crippen LogP contribution in [0.5, 0.6) is 5.75 Å². The van der Waals surface area contributed by atoms with Crippen molar-refractivity contribution in [3.63, 3.8) is 0 Å². The van der Waals surface area contributed by atoms with Gasteiger partial charge < -0.3 is 9.84 Å². The van der Waals surface area contributed by atoms with Crippen molar-refractivity contribution in [2.24, 2.45) is 0 Å². The van der Waals surface area contributed by atoms with Crippen LogP contribution in [0.15, 0.2) is 90.2 Å². The van der Waals surface area contributed by atoms with Gasteiger partial charge in [0, 0.05) is 5.02 Å². The summed E-state index contributed by atoms with van der Waals surface area (Å²) in [5, 5.41) is 11.7. The molecule has 3 aromatic carbocycles. The largest absolute Gasteiger partial charge is 0.503 e. The van der Waals surface area contributed by atoms with Crippen LogP contribution in [-0.4, -0.2) is 28.9 Å². The van der Waals surface area contributed by atoms with E-state index in [-0.39, 0.29) is 5.57 Å². The Morgan fingerprint density at radius 2 is 1.86 bits per heavy atom. The summed E-state index contributed by atoms with van der Waals surface area (Å²) in [5.74, 6) is -1.08. The van der Waals surface area contributed by atoms with Crippen LogP contribution in [0.25, 0.3) is 16.3 Å². The zero-order valence-electron chi connectivity index (χ0n) is 18.5. The van der Waals surface area contributed by atoms with Crippen molar-refractivity contribution < 1.29 is 19.4 Å². The Morgan fingerprint density at radius 3 is 2.57 bits per heavy atom. The predicted octanol–water partition coefficient (Wildman–Crippen LogP) is 6.14. The SMILES string of the molecule is COc1ccc2nc(N3C(=O)C(O)=C(C(=O)/C=C/c4ccccc4)C3c3ccc(Cl)cc3)sc2c1. The van der Waals surface area contributed by atoms with Crippen molar-refractivity contribution in [2.75, 3.05) is 12.0 Å². The molecule has 1 aliphatic rings. The Balaban J connectivity index is 1.60. The van der Waals surface area contributed by atoms with E-state index in [9.17, 15) is 14.7 Å². The van der Waals surface area contributed by atoms with Crippen LogP contribution in [-0.2, 0) is 9.59 Å². The highest BCUT2D eigenvalue weighted by Gasteiger charge is 2.45. The van der Waals surface area contributed by atoms with E-state index in [1.165, 1.54) is 22.3 Å². The summed E-state index contributed by atoms with van der Waals surface area (Å²) in [7, 11) is 1.58. The van der Waals surface area contributed by atoms with Gasteiger partial charge in [-0.05, 0) is 47.5 Å². The number of carbonyl (C=O) groups is 2. The van der Waals surface area contributed by atoms with Crippen molar-refractivity contribution >= 4 is 56.1 Å². The number of ether oxygens (including phenoxy) is 1. The number of aromatic nitrogens is 1. The molecule has 2 heterocycles. The lowest BCUT2D eigenvalue weighted by atomic mass is 9.96. The maximum absolute atomic E-state index is 13.3. The highest BCUT2D eigenvalue weighted by atomic mass is 35.5. The molecule has 5 rings (SSSR count). The molecule has 0 fully saturated rings. The number of fused-ring (bicyclic) bond motifs is 1. The number of hydrogen-bond acceptors (Lipinski definition) is 6. The standard InChI is InChI=1S/C27H19ClN2O4S/c1-34-19-12-13-20-22(15-19)35-27(29-20)30-24(17-8-10-18(28)11-9-17)23(25(32)26(30)33)21(31)14-7-16-5-3-2-4-6-16/h2-15,24,32H,1H3/b14-7+. The zero-order valence-corrected chi connectivity index (χ0v) is 20.1. The molecule has 4 aromatic rings. The van der Waals surface area contributed by atoms with Gasteiger partial charge in [0.05, 0.1) is 28.9 Å². The van der Waals surface area contributed by atoms with Crippen molar-refractivity contribution in [1.29, 1.82) is 0 Å². The molecule has 0 saturated carbocycles. The normalized spacial score (nSPS) is 16.0. The number of aliphatic hydroxyl groups is 1. The zero-order chi connectivity index (χ0) is 24.5. The lowest BCUT2D eigenvalue weighted by molar-refractivity contribution is -0.117. The number of anilines is 1. The van der Waals surface area contributed by atoms with E-state index < -0.39 is 23.5 Å². The third-order valence-electron chi connectivity index (χ3n) is 5.68. The minimum atomic E-state index is -0.866. The van der Waals surface area contributed by atoms with Crippen molar-refractivity contribution in [2.45, 2.75) is 6.04 Å². The summed E-state index contributed by atoms with van der Waals surface area (Å²) in [6.07, 6.45) is 3.02. The molecule has 8 heteroatoms. The molecule has 174 valence electrons. The van der Waals surface area contributed by atoms with Gasteiger partial charge in [0.25, 0.3) is 5.91 Å². The quantitative estimate of drug-likeness (QED) is 0.320. The number of aliphatic hydroxyl groups excluding tert-OH is 1. The van der Waals surface area contributed by atoms with Gasteiger partial charge in [-0.15, -0.1) is 0 Å². The van der Waals surface area contributed by atoms with E-state index in [4.69, 9.17) is 16.3 Å². The number of methoxy groups -OCH3 is 1. The average molecular weight is 503 g/mol. The van der Waals surface area contributed by atoms with E-state index in [1.807, 2.05) is 36.4 Å². The molecule has 0 saturated heterocycles. The smallest absolute Gasteiger partial charge is 0.296 e. The third kappa shape index (κ3) is 4.32. The second-order valence-electron chi connectivity index (χ2n) is 7.83. The van der Waals surface area contributed by atoms with E-state index in [2.05, 4.69) is 4.98 Å². The van der Waals surface area contributed by atoms with Gasteiger partial charge in [-0.25, -0.2) is 4.98 Å². The minimum Gasteiger partial charge on any atom is -0.503 e. The topological polar surface area (TPSA) is 79.7 Å². The second-order valence-corrected chi connectivity index (χ2v) is 9.28. The number of allylic oxidation sites excluding steroid dienone is 1. The van der Waals surface area contributed by atoms with Gasteiger partial charge in [-0.2, -0.15) is 0 Å². The number of carbonyl (C=O) groups excluding carboxylic acids is 2. The van der Waals surface area contributed by atoms with Crippen LogP contribution in [0, 0.1) is 0 Å². The Kier molecular flexibility index (Phi) is 6.11. The lowest BCUT2D eigenvalue weighted by Gasteiger charge is -2.24. The molecule has 0 aliphatic carbocycles. The fourth-order valence-corrected chi connectivity index (χ4v) is 5.11. The number of nitrogens with zero attached hydrogens (tertiary/aromatic N) is 2. The number of ketones is 1. The molecule has 0 bridgehead atoms. The number of hydrogen-bond donors (Lipinski definition) is 1. The van der Waals surface area contributed by atoms with Crippen LogP contribution in [0.2, 0.25) is 5.02 Å². The Bertz CT molecular complexity index is 1490. The summed E-state index contributed by atoms with van der Waals surface area (Å²) in [6, 6.07) is 20.7. The van der Waals surface area contributed by atoms with E-state index >= 15 is 0 Å². The molecule has 1 aromatic heterocycles. The summed E-state index contributed by atoms with van der Waals surface area (Å²) in [6.45, 7) is 0. The van der Waals surface area contributed by atoms with Crippen molar-refractivity contribution in [3.05, 3.63) is 106 Å². The number of thiazole rings is 1. The van der Waals surface area contributed by atoms with Gasteiger partial charge in [0.2, 0.25) is 0 Å². The maximum atomic E-state index is 13.3. The van der Waals surface area contributed by atoms with E-state index in [0.29, 0.717) is 27.0 Å². The molecule has 1 unspecified atom stereocenters. The Morgan fingerprint density at radius 1 is 1.11 bits per heavy atom. The summed E-state index contributed by atoms with van der Waals surface area (Å²) in [4.78, 5) is 32.6. The molecular weight excluding hydrogens is 484 g/mol. The Hall–Kier alpha value is -3.94. The third-order valence-corrected chi connectivity index (χ3v) is 6.95. The van der Waals surface area contributed by atoms with Crippen molar-refractivity contribution in [3.8, 4) is 5.75 Å². The van der Waals surface area contributed by atoms with Crippen molar-refractivity contribution in [1.82, 2.24) is 4.98 Å². The van der Waals surface area contributed by atoms with Gasteiger partial charge in [-0.3, -0.25) is 14.5 Å². The van der Waals surface area contributed by atoms with Crippen LogP contribution in [0.1, 0.15) is 17.2 Å². The fourth-order valence-electron chi connectivity index (χ4n) is 3.96. The minimum absolute atomic E-state index is 0.0126. The molecule has 1 N–H and O–H groups in total. The summed E-state index contributed by atoms with van der Waals surface area (Å²) in [5.41, 5.74) is 2.11. The average Bonchev–Trinajstić information content (AvgIpc) is 3.41. The first-order valence-corrected chi connectivity index (χ1v) is 11.9. The molecule has 0 spiro atoms. The van der Waals surface area contributed by atoms with Gasteiger partial charge in [0.1, 0.15) is 5.75 Å². The molecule has 1 aliphatic heterocycles. The van der Waals surface area contributed by atoms with E-state index in [1.54, 1.807) is 49.6 Å². The second kappa shape index (κ2) is 9.37. The molecule has 1 amide bonds. The maximum Gasteiger partial charge on any atom is 0.296 e. The molecule has 35 heavy (non-hydrogen) atoms. The Labute approximate surface area is 210 Å².